The molecule has 0 saturated carbocycles. The second-order valence-electron chi connectivity index (χ2n) is 6.68. The number of rotatable bonds is 6. The van der Waals surface area contributed by atoms with Gasteiger partial charge in [0.15, 0.2) is 0 Å². The molecule has 1 atom stereocenters. The third-order valence-electron chi connectivity index (χ3n) is 4.68. The van der Waals surface area contributed by atoms with Crippen LogP contribution in [0, 0.1) is 0 Å². The van der Waals surface area contributed by atoms with E-state index in [-0.39, 0.29) is 22.3 Å². The monoisotopic (exact) mass is 393 g/mol. The van der Waals surface area contributed by atoms with Gasteiger partial charge >= 0.3 is 0 Å². The molecule has 1 fully saturated rings. The number of H-pyrrole nitrogens is 1. The molecule has 2 aromatic carbocycles. The van der Waals surface area contributed by atoms with Crippen LogP contribution < -0.4 is 10.6 Å². The topological polar surface area (TPSA) is 91.1 Å². The molecule has 3 N–H and O–H groups in total. The number of hydrogen-bond acceptors (Lipinski definition) is 4. The summed E-state index contributed by atoms with van der Waals surface area (Å²) in [5.74, 6) is -0.347. The Hall–Kier alpha value is -3.06. The van der Waals surface area contributed by atoms with E-state index in [1.807, 2.05) is 54.6 Å². The zero-order chi connectivity index (χ0) is 19.5. The number of benzene rings is 2. The van der Waals surface area contributed by atoms with Crippen LogP contribution >= 0.6 is 11.8 Å². The quantitative estimate of drug-likeness (QED) is 0.600. The van der Waals surface area contributed by atoms with Crippen LogP contribution in [0.15, 0.2) is 54.6 Å². The molecule has 142 valence electrons. The first-order valence-corrected chi connectivity index (χ1v) is 9.92. The van der Waals surface area contributed by atoms with Gasteiger partial charge in [0.2, 0.25) is 5.91 Å². The zero-order valence-corrected chi connectivity index (χ0v) is 15.8. The number of nitrogens with one attached hydrogen (secondary N) is 3. The van der Waals surface area contributed by atoms with E-state index in [2.05, 4.69) is 15.6 Å². The molecule has 0 aliphatic carbocycles. The maximum absolute atomic E-state index is 12.3. The Kier molecular flexibility index (Phi) is 5.16. The maximum atomic E-state index is 12.3. The van der Waals surface area contributed by atoms with E-state index in [1.165, 1.54) is 0 Å². The Morgan fingerprint density at radius 1 is 1.04 bits per heavy atom. The van der Waals surface area contributed by atoms with Gasteiger partial charge in [0.1, 0.15) is 5.69 Å². The summed E-state index contributed by atoms with van der Waals surface area (Å²) in [6, 6.07) is 17.5. The normalized spacial score (nSPS) is 16.4. The molecule has 1 saturated heterocycles. The van der Waals surface area contributed by atoms with Crippen molar-refractivity contribution in [3.05, 3.63) is 71.4 Å². The van der Waals surface area contributed by atoms with Crippen molar-refractivity contribution < 1.29 is 14.4 Å². The van der Waals surface area contributed by atoms with Gasteiger partial charge in [-0.15, -0.1) is 0 Å². The summed E-state index contributed by atoms with van der Waals surface area (Å²) in [5.41, 5.74) is 3.60. The molecular formula is C21H19N3O3S. The summed E-state index contributed by atoms with van der Waals surface area (Å²) < 4.78 is 0. The second kappa shape index (κ2) is 7.90. The van der Waals surface area contributed by atoms with Gasteiger partial charge in [0, 0.05) is 17.4 Å². The maximum Gasteiger partial charge on any atom is 0.286 e. The molecule has 0 bridgehead atoms. The van der Waals surface area contributed by atoms with E-state index >= 15 is 0 Å². The number of fused-ring (bicyclic) bond motifs is 1. The lowest BCUT2D eigenvalue weighted by Crippen LogP contribution is -2.26. The highest BCUT2D eigenvalue weighted by Crippen LogP contribution is 2.23. The average molecular weight is 393 g/mol. The molecule has 1 aliphatic rings. The van der Waals surface area contributed by atoms with Crippen LogP contribution in [0.25, 0.3) is 10.9 Å². The SMILES string of the molecule is O=C1NC(=O)[C@@H](Cc2ccc(CCNC(=O)c3cc4ccccc4[nH]3)cc2)S1. The molecule has 6 nitrogen and oxygen atoms in total. The highest BCUT2D eigenvalue weighted by atomic mass is 32.2. The molecular weight excluding hydrogens is 374 g/mol. The minimum Gasteiger partial charge on any atom is -0.351 e. The van der Waals surface area contributed by atoms with Gasteiger partial charge in [-0.05, 0) is 36.1 Å². The van der Waals surface area contributed by atoms with Crippen molar-refractivity contribution in [2.45, 2.75) is 18.1 Å². The third-order valence-corrected chi connectivity index (χ3v) is 5.67. The van der Waals surface area contributed by atoms with Gasteiger partial charge in [0.05, 0.1) is 5.25 Å². The van der Waals surface area contributed by atoms with Crippen molar-refractivity contribution in [2.75, 3.05) is 6.54 Å². The van der Waals surface area contributed by atoms with Crippen LogP contribution in [-0.2, 0) is 17.6 Å². The van der Waals surface area contributed by atoms with E-state index in [4.69, 9.17) is 0 Å². The molecule has 0 spiro atoms. The summed E-state index contributed by atoms with van der Waals surface area (Å²) in [6.45, 7) is 0.531. The molecule has 28 heavy (non-hydrogen) atoms. The Labute approximate surface area is 166 Å². The Bertz CT molecular complexity index is 1010. The van der Waals surface area contributed by atoms with Gasteiger partial charge < -0.3 is 10.3 Å². The molecule has 3 amide bonds. The van der Waals surface area contributed by atoms with Crippen LogP contribution in [0.1, 0.15) is 21.6 Å². The van der Waals surface area contributed by atoms with Crippen LogP contribution in [-0.4, -0.2) is 33.8 Å². The van der Waals surface area contributed by atoms with Gasteiger partial charge in [0.25, 0.3) is 11.1 Å². The molecule has 4 rings (SSSR count). The number of imide groups is 1. The molecule has 7 heteroatoms. The molecule has 0 radical (unpaired) electrons. The van der Waals surface area contributed by atoms with Gasteiger partial charge in [-0.25, -0.2) is 0 Å². The molecule has 0 unspecified atom stereocenters. The van der Waals surface area contributed by atoms with E-state index in [0.717, 1.165) is 33.8 Å². The number of aromatic nitrogens is 1. The fourth-order valence-electron chi connectivity index (χ4n) is 3.20. The number of carbonyl (C=O) groups is 3. The lowest BCUT2D eigenvalue weighted by molar-refractivity contribution is -0.118. The standard InChI is InChI=1S/C21H19N3O3S/c25-19(17-12-15-3-1-2-4-16(15)23-17)22-10-9-13-5-7-14(8-6-13)11-18-20(26)24-21(27)28-18/h1-8,12,18,23H,9-11H2,(H,22,25)(H,24,26,27)/t18-/m1/s1. The van der Waals surface area contributed by atoms with E-state index in [1.54, 1.807) is 0 Å². The molecule has 1 aliphatic heterocycles. The third kappa shape index (κ3) is 4.09. The minimum absolute atomic E-state index is 0.123. The highest BCUT2D eigenvalue weighted by Gasteiger charge is 2.31. The first-order valence-electron chi connectivity index (χ1n) is 9.04. The largest absolute Gasteiger partial charge is 0.351 e. The number of carbonyl (C=O) groups excluding carboxylic acids is 3. The Balaban J connectivity index is 1.28. The van der Waals surface area contributed by atoms with Crippen molar-refractivity contribution in [1.82, 2.24) is 15.6 Å². The lowest BCUT2D eigenvalue weighted by atomic mass is 10.1. The van der Waals surface area contributed by atoms with Crippen LogP contribution in [0.5, 0.6) is 0 Å². The van der Waals surface area contributed by atoms with Crippen molar-refractivity contribution in [1.29, 1.82) is 0 Å². The Morgan fingerprint density at radius 2 is 1.79 bits per heavy atom. The average Bonchev–Trinajstić information content (AvgIpc) is 3.26. The van der Waals surface area contributed by atoms with Gasteiger partial charge in [-0.1, -0.05) is 54.2 Å². The number of para-hydroxylation sites is 1. The van der Waals surface area contributed by atoms with Crippen molar-refractivity contribution in [2.24, 2.45) is 0 Å². The van der Waals surface area contributed by atoms with Crippen LogP contribution in [0.3, 0.4) is 0 Å². The van der Waals surface area contributed by atoms with Crippen molar-refractivity contribution in [3.63, 3.8) is 0 Å². The van der Waals surface area contributed by atoms with E-state index < -0.39 is 0 Å². The summed E-state index contributed by atoms with van der Waals surface area (Å²) >= 11 is 1.04. The predicted octanol–water partition coefficient (Wildman–Crippen LogP) is 3.03. The highest BCUT2D eigenvalue weighted by molar-refractivity contribution is 8.15. The molecule has 2 heterocycles. The second-order valence-corrected chi connectivity index (χ2v) is 7.86. The number of hydrogen-bond donors (Lipinski definition) is 3. The summed E-state index contributed by atoms with van der Waals surface area (Å²) in [4.78, 5) is 38.3. The Morgan fingerprint density at radius 3 is 2.50 bits per heavy atom. The fourth-order valence-corrected chi connectivity index (χ4v) is 4.05. The number of thioether (sulfide) groups is 1. The molecule has 3 aromatic rings. The van der Waals surface area contributed by atoms with Crippen LogP contribution in [0.2, 0.25) is 0 Å². The van der Waals surface area contributed by atoms with Crippen molar-refractivity contribution in [3.8, 4) is 0 Å². The van der Waals surface area contributed by atoms with Gasteiger partial charge in [-0.2, -0.15) is 0 Å². The van der Waals surface area contributed by atoms with Crippen LogP contribution in [0.4, 0.5) is 4.79 Å². The first-order chi connectivity index (χ1) is 13.6. The minimum atomic E-state index is -0.353. The van der Waals surface area contributed by atoms with Crippen molar-refractivity contribution >= 4 is 39.7 Å². The number of amides is 3. The summed E-state index contributed by atoms with van der Waals surface area (Å²) in [6.07, 6.45) is 1.24. The fraction of sp³-hybridized carbons (Fsp3) is 0.190. The number of aromatic amines is 1. The summed E-state index contributed by atoms with van der Waals surface area (Å²) in [7, 11) is 0. The zero-order valence-electron chi connectivity index (χ0n) is 15.0. The molecule has 1 aromatic heterocycles. The lowest BCUT2D eigenvalue weighted by Gasteiger charge is -2.07. The first kappa shape index (κ1) is 18.3. The predicted molar refractivity (Wildman–Crippen MR) is 109 cm³/mol. The summed E-state index contributed by atoms with van der Waals surface area (Å²) in [5, 5.41) is 5.61. The van der Waals surface area contributed by atoms with Gasteiger partial charge in [-0.3, -0.25) is 19.7 Å². The van der Waals surface area contributed by atoms with E-state index in [9.17, 15) is 14.4 Å². The smallest absolute Gasteiger partial charge is 0.286 e. The van der Waals surface area contributed by atoms with E-state index in [0.29, 0.717) is 25.1 Å².